The highest BCUT2D eigenvalue weighted by atomic mass is 16.1. The normalized spacial score (nSPS) is 43.4. The second-order valence-electron chi connectivity index (χ2n) is 4.30. The average Bonchev–Trinajstić information content (AvgIpc) is 2.44. The van der Waals surface area contributed by atoms with E-state index < -0.39 is 0 Å². The standard InChI is InChI=1S/C9H15NO/c1-7-2-3-9(4-7)5-8(11)10-6-9/h7H,2-6H2,1H3,(H,10,11)/t7-,9?/m1/s1. The topological polar surface area (TPSA) is 29.1 Å². The Bertz CT molecular complexity index is 190. The van der Waals surface area contributed by atoms with Crippen LogP contribution in [0.25, 0.3) is 0 Å². The monoisotopic (exact) mass is 153 g/mol. The molecular formula is C9H15NO. The summed E-state index contributed by atoms with van der Waals surface area (Å²) in [5.41, 5.74) is 0.372. The summed E-state index contributed by atoms with van der Waals surface area (Å²) in [7, 11) is 0. The fourth-order valence-corrected chi connectivity index (χ4v) is 2.57. The van der Waals surface area contributed by atoms with Crippen LogP contribution in [-0.2, 0) is 4.79 Å². The average molecular weight is 153 g/mol. The number of hydrogen-bond donors (Lipinski definition) is 1. The van der Waals surface area contributed by atoms with Crippen LogP contribution >= 0.6 is 0 Å². The third kappa shape index (κ3) is 1.15. The molecule has 62 valence electrons. The maximum absolute atomic E-state index is 11.0. The molecule has 2 aliphatic rings. The lowest BCUT2D eigenvalue weighted by molar-refractivity contribution is -0.119. The first-order valence-corrected chi connectivity index (χ1v) is 4.47. The number of rotatable bonds is 0. The van der Waals surface area contributed by atoms with Crippen LogP contribution in [0.1, 0.15) is 32.6 Å². The summed E-state index contributed by atoms with van der Waals surface area (Å²) in [4.78, 5) is 11.0. The zero-order chi connectivity index (χ0) is 7.90. The molecule has 1 heterocycles. The van der Waals surface area contributed by atoms with Crippen molar-refractivity contribution in [3.8, 4) is 0 Å². The Hall–Kier alpha value is -0.530. The summed E-state index contributed by atoms with van der Waals surface area (Å²) in [6.45, 7) is 3.23. The molecule has 1 saturated carbocycles. The predicted octanol–water partition coefficient (Wildman–Crippen LogP) is 1.31. The molecule has 0 aromatic heterocycles. The molecule has 2 nitrogen and oxygen atoms in total. The van der Waals surface area contributed by atoms with Gasteiger partial charge in [0.05, 0.1) is 0 Å². The minimum Gasteiger partial charge on any atom is -0.356 e. The predicted molar refractivity (Wildman–Crippen MR) is 43.1 cm³/mol. The van der Waals surface area contributed by atoms with E-state index in [0.717, 1.165) is 18.9 Å². The van der Waals surface area contributed by atoms with Gasteiger partial charge in [-0.05, 0) is 24.2 Å². The van der Waals surface area contributed by atoms with Gasteiger partial charge in [0, 0.05) is 13.0 Å². The van der Waals surface area contributed by atoms with Crippen molar-refractivity contribution in [2.75, 3.05) is 6.54 Å². The van der Waals surface area contributed by atoms with Crippen LogP contribution in [0.15, 0.2) is 0 Å². The van der Waals surface area contributed by atoms with Crippen LogP contribution in [0.4, 0.5) is 0 Å². The molecule has 1 N–H and O–H groups in total. The Morgan fingerprint density at radius 2 is 2.45 bits per heavy atom. The minimum atomic E-state index is 0.263. The van der Waals surface area contributed by atoms with Gasteiger partial charge in [-0.15, -0.1) is 0 Å². The Balaban J connectivity index is 2.07. The van der Waals surface area contributed by atoms with Gasteiger partial charge in [0.2, 0.25) is 5.91 Å². The summed E-state index contributed by atoms with van der Waals surface area (Å²) in [5, 5.41) is 2.93. The second kappa shape index (κ2) is 2.23. The van der Waals surface area contributed by atoms with Gasteiger partial charge in [-0.1, -0.05) is 13.3 Å². The van der Waals surface area contributed by atoms with E-state index in [4.69, 9.17) is 0 Å². The maximum Gasteiger partial charge on any atom is 0.220 e. The fraction of sp³-hybridized carbons (Fsp3) is 0.889. The molecule has 2 heteroatoms. The van der Waals surface area contributed by atoms with Crippen LogP contribution in [0, 0.1) is 11.3 Å². The molecule has 2 atom stereocenters. The van der Waals surface area contributed by atoms with Crippen LogP contribution in [0.5, 0.6) is 0 Å². The van der Waals surface area contributed by atoms with E-state index in [1.807, 2.05) is 0 Å². The summed E-state index contributed by atoms with van der Waals surface area (Å²) in [6.07, 6.45) is 4.62. The van der Waals surface area contributed by atoms with Gasteiger partial charge in [-0.2, -0.15) is 0 Å². The van der Waals surface area contributed by atoms with Crippen LogP contribution in [-0.4, -0.2) is 12.5 Å². The number of hydrogen-bond acceptors (Lipinski definition) is 1. The first kappa shape index (κ1) is 7.14. The third-order valence-electron chi connectivity index (χ3n) is 3.15. The lowest BCUT2D eigenvalue weighted by atomic mass is 9.85. The molecule has 1 saturated heterocycles. The molecule has 0 radical (unpaired) electrons. The zero-order valence-corrected chi connectivity index (χ0v) is 7.02. The third-order valence-corrected chi connectivity index (χ3v) is 3.15. The summed E-state index contributed by atoms with van der Waals surface area (Å²) >= 11 is 0. The molecule has 1 aliphatic carbocycles. The lowest BCUT2D eigenvalue weighted by Gasteiger charge is -2.19. The largest absolute Gasteiger partial charge is 0.356 e. The Kier molecular flexibility index (Phi) is 1.44. The lowest BCUT2D eigenvalue weighted by Crippen LogP contribution is -2.20. The first-order valence-electron chi connectivity index (χ1n) is 4.47. The first-order chi connectivity index (χ1) is 5.20. The van der Waals surface area contributed by atoms with E-state index in [0.29, 0.717) is 5.41 Å². The molecule has 2 rings (SSSR count). The molecule has 2 fully saturated rings. The molecule has 1 unspecified atom stereocenters. The Morgan fingerprint density at radius 3 is 2.91 bits per heavy atom. The van der Waals surface area contributed by atoms with E-state index in [1.54, 1.807) is 0 Å². The highest BCUT2D eigenvalue weighted by Gasteiger charge is 2.42. The van der Waals surface area contributed by atoms with E-state index in [-0.39, 0.29) is 5.91 Å². The summed E-state index contributed by atoms with van der Waals surface area (Å²) < 4.78 is 0. The Morgan fingerprint density at radius 1 is 1.64 bits per heavy atom. The van der Waals surface area contributed by atoms with Gasteiger partial charge >= 0.3 is 0 Å². The molecular weight excluding hydrogens is 138 g/mol. The smallest absolute Gasteiger partial charge is 0.220 e. The molecule has 1 spiro atoms. The van der Waals surface area contributed by atoms with Gasteiger partial charge in [0.1, 0.15) is 0 Å². The highest BCUT2D eigenvalue weighted by molar-refractivity contribution is 5.79. The van der Waals surface area contributed by atoms with Crippen molar-refractivity contribution in [2.45, 2.75) is 32.6 Å². The van der Waals surface area contributed by atoms with Crippen LogP contribution in [0.2, 0.25) is 0 Å². The summed E-state index contributed by atoms with van der Waals surface area (Å²) in [6, 6.07) is 0. The van der Waals surface area contributed by atoms with Crippen molar-refractivity contribution in [3.63, 3.8) is 0 Å². The molecule has 1 amide bonds. The van der Waals surface area contributed by atoms with Gasteiger partial charge < -0.3 is 5.32 Å². The van der Waals surface area contributed by atoms with Crippen molar-refractivity contribution >= 4 is 5.91 Å². The van der Waals surface area contributed by atoms with Crippen molar-refractivity contribution in [1.29, 1.82) is 0 Å². The maximum atomic E-state index is 11.0. The van der Waals surface area contributed by atoms with Gasteiger partial charge in [-0.3, -0.25) is 4.79 Å². The van der Waals surface area contributed by atoms with Crippen molar-refractivity contribution in [1.82, 2.24) is 5.32 Å². The highest BCUT2D eigenvalue weighted by Crippen LogP contribution is 2.45. The molecule has 0 bridgehead atoms. The van der Waals surface area contributed by atoms with E-state index in [9.17, 15) is 4.79 Å². The Labute approximate surface area is 67.4 Å². The van der Waals surface area contributed by atoms with E-state index in [1.165, 1.54) is 19.3 Å². The van der Waals surface area contributed by atoms with Crippen molar-refractivity contribution in [2.24, 2.45) is 11.3 Å². The molecule has 0 aromatic rings. The summed E-state index contributed by atoms with van der Waals surface area (Å²) in [5.74, 6) is 1.10. The number of carbonyl (C=O) groups is 1. The second-order valence-corrected chi connectivity index (χ2v) is 4.30. The van der Waals surface area contributed by atoms with Gasteiger partial charge in [0.15, 0.2) is 0 Å². The molecule has 0 aromatic carbocycles. The molecule has 11 heavy (non-hydrogen) atoms. The minimum absolute atomic E-state index is 0.263. The van der Waals surface area contributed by atoms with E-state index in [2.05, 4.69) is 12.2 Å². The number of amides is 1. The van der Waals surface area contributed by atoms with Gasteiger partial charge in [0.25, 0.3) is 0 Å². The SMILES string of the molecule is C[C@@H]1CCC2(CNC(=O)C2)C1. The zero-order valence-electron chi connectivity index (χ0n) is 7.02. The van der Waals surface area contributed by atoms with Crippen LogP contribution < -0.4 is 5.32 Å². The van der Waals surface area contributed by atoms with E-state index >= 15 is 0 Å². The fourth-order valence-electron chi connectivity index (χ4n) is 2.57. The van der Waals surface area contributed by atoms with Crippen LogP contribution in [0.3, 0.4) is 0 Å². The molecule has 1 aliphatic heterocycles. The number of nitrogens with one attached hydrogen (secondary N) is 1. The quantitative estimate of drug-likeness (QED) is 0.558. The van der Waals surface area contributed by atoms with Gasteiger partial charge in [-0.25, -0.2) is 0 Å². The number of carbonyl (C=O) groups excluding carboxylic acids is 1. The van der Waals surface area contributed by atoms with Crippen molar-refractivity contribution in [3.05, 3.63) is 0 Å². The van der Waals surface area contributed by atoms with Crippen molar-refractivity contribution < 1.29 is 4.79 Å².